The Morgan fingerprint density at radius 2 is 1.82 bits per heavy atom. The number of hydrogen-bond acceptors (Lipinski definition) is 5. The third-order valence-corrected chi connectivity index (χ3v) is 10.4. The van der Waals surface area contributed by atoms with Crippen molar-refractivity contribution >= 4 is 28.8 Å². The number of alkyl carbamates (subject to hydrolysis) is 1. The molecule has 7 heteroatoms. The second kappa shape index (κ2) is 9.78. The predicted molar refractivity (Wildman–Crippen MR) is 155 cm³/mol. The van der Waals surface area contributed by atoms with Crippen LogP contribution in [0.2, 0.25) is 0 Å². The van der Waals surface area contributed by atoms with E-state index < -0.39 is 17.7 Å². The number of imidazole rings is 1. The van der Waals surface area contributed by atoms with Gasteiger partial charge in [-0.3, -0.25) is 4.79 Å². The van der Waals surface area contributed by atoms with Crippen LogP contribution >= 0.6 is 0 Å². The summed E-state index contributed by atoms with van der Waals surface area (Å²) in [4.78, 5) is 29.1. The summed E-state index contributed by atoms with van der Waals surface area (Å²) in [7, 11) is 0. The van der Waals surface area contributed by atoms with Gasteiger partial charge in [-0.15, -0.1) is 0 Å². The van der Waals surface area contributed by atoms with Crippen LogP contribution in [-0.2, 0) is 14.3 Å². The fourth-order valence-electron chi connectivity index (χ4n) is 8.48. The number of nitrogens with one attached hydrogen (secondary N) is 1. The number of aromatic nitrogens is 2. The Balaban J connectivity index is 1.12. The van der Waals surface area contributed by atoms with Crippen LogP contribution in [0.1, 0.15) is 79.6 Å². The van der Waals surface area contributed by atoms with Gasteiger partial charge in [0.1, 0.15) is 24.6 Å². The van der Waals surface area contributed by atoms with Crippen molar-refractivity contribution in [2.75, 3.05) is 6.54 Å². The van der Waals surface area contributed by atoms with Gasteiger partial charge in [-0.2, -0.15) is 0 Å². The van der Waals surface area contributed by atoms with E-state index in [0.717, 1.165) is 37.6 Å². The van der Waals surface area contributed by atoms with Gasteiger partial charge in [0.25, 0.3) is 0 Å². The monoisotopic (exact) mass is 545 g/mol. The Hall–Kier alpha value is -3.09. The normalized spacial score (nSPS) is 33.2. The van der Waals surface area contributed by atoms with Gasteiger partial charge < -0.3 is 19.4 Å². The van der Waals surface area contributed by atoms with Crippen LogP contribution < -0.4 is 5.32 Å². The van der Waals surface area contributed by atoms with Crippen molar-refractivity contribution in [2.45, 2.75) is 91.3 Å². The average Bonchev–Trinajstić information content (AvgIpc) is 3.47. The highest BCUT2D eigenvalue weighted by atomic mass is 16.6. The molecule has 0 bridgehead atoms. The summed E-state index contributed by atoms with van der Waals surface area (Å²) < 4.78 is 13.4. The summed E-state index contributed by atoms with van der Waals surface area (Å²) in [5.41, 5.74) is 4.86. The highest BCUT2D eigenvalue weighted by Gasteiger charge is 2.57. The van der Waals surface area contributed by atoms with E-state index in [1.807, 2.05) is 6.33 Å². The molecule has 2 saturated carbocycles. The number of carbonyl (C=O) groups is 2. The molecule has 40 heavy (non-hydrogen) atoms. The number of esters is 1. The zero-order valence-electron chi connectivity index (χ0n) is 24.5. The first kappa shape index (κ1) is 27.1. The number of ether oxygens (including phenoxy) is 2. The van der Waals surface area contributed by atoms with E-state index in [4.69, 9.17) is 9.47 Å². The van der Waals surface area contributed by atoms with Crippen LogP contribution in [0.25, 0.3) is 16.7 Å². The van der Waals surface area contributed by atoms with Crippen LogP contribution in [0.5, 0.6) is 0 Å². The molecular weight excluding hydrogens is 502 g/mol. The molecule has 1 heterocycles. The largest absolute Gasteiger partial charge is 0.461 e. The summed E-state index contributed by atoms with van der Waals surface area (Å²) in [5.74, 6) is 1.54. The summed E-state index contributed by atoms with van der Waals surface area (Å²) in [5, 5.41) is 2.52. The molecule has 4 aliphatic carbocycles. The number of nitrogens with zero attached hydrogens (tertiary/aromatic N) is 2. The molecule has 0 radical (unpaired) electrons. The minimum absolute atomic E-state index is 0.132. The predicted octanol–water partition coefficient (Wildman–Crippen LogP) is 6.89. The van der Waals surface area contributed by atoms with E-state index in [9.17, 15) is 9.59 Å². The molecule has 0 saturated heterocycles. The van der Waals surface area contributed by atoms with Gasteiger partial charge >= 0.3 is 12.1 Å². The van der Waals surface area contributed by atoms with Crippen molar-refractivity contribution in [2.24, 2.45) is 28.6 Å². The number of allylic oxidation sites excluding steroid dienone is 3. The molecule has 2 fully saturated rings. The molecule has 1 N–H and O–H groups in total. The molecule has 6 rings (SSSR count). The number of carbonyl (C=O) groups excluding carboxylic acids is 2. The van der Waals surface area contributed by atoms with Crippen LogP contribution in [0.15, 0.2) is 48.3 Å². The van der Waals surface area contributed by atoms with Crippen molar-refractivity contribution in [1.82, 2.24) is 14.9 Å². The third-order valence-electron chi connectivity index (χ3n) is 10.4. The van der Waals surface area contributed by atoms with Crippen LogP contribution in [0.3, 0.4) is 0 Å². The Kier molecular flexibility index (Phi) is 6.62. The van der Waals surface area contributed by atoms with Gasteiger partial charge in [0.15, 0.2) is 0 Å². The number of benzene rings is 1. The van der Waals surface area contributed by atoms with E-state index in [2.05, 4.69) is 65.1 Å². The number of rotatable bonds is 4. The lowest BCUT2D eigenvalue weighted by atomic mass is 9.47. The van der Waals surface area contributed by atoms with Crippen molar-refractivity contribution in [1.29, 1.82) is 0 Å². The first-order chi connectivity index (χ1) is 19.0. The molecular formula is C33H43N3O4. The van der Waals surface area contributed by atoms with Gasteiger partial charge in [-0.1, -0.05) is 43.7 Å². The minimum atomic E-state index is -0.603. The number of amides is 1. The average molecular weight is 546 g/mol. The summed E-state index contributed by atoms with van der Waals surface area (Å²) in [6.45, 7) is 10.2. The number of para-hydroxylation sites is 2. The number of fused-ring (bicyclic) bond motifs is 6. The third kappa shape index (κ3) is 4.65. The van der Waals surface area contributed by atoms with Crippen LogP contribution in [-0.4, -0.2) is 39.9 Å². The second-order valence-corrected chi connectivity index (χ2v) is 13.9. The second-order valence-electron chi connectivity index (χ2n) is 13.9. The molecule has 4 aliphatic rings. The fraction of sp³-hybridized carbons (Fsp3) is 0.606. The Bertz CT molecular complexity index is 1380. The van der Waals surface area contributed by atoms with Gasteiger partial charge in [-0.05, 0) is 94.6 Å². The van der Waals surface area contributed by atoms with Crippen molar-refractivity contribution in [3.8, 4) is 0 Å². The number of hydrogen-bond donors (Lipinski definition) is 1. The molecule has 0 aliphatic heterocycles. The molecule has 1 amide bonds. The standard InChI is InChI=1S/C33H43N3O4/c1-31(2,3)40-30(38)34-19-29(37)39-22-14-16-32(4)21(18-22)10-11-23-24-12-13-28(33(24,5)17-15-25(23)32)36-20-35-26-8-6-7-9-27(26)36/h6-10,13,20,22-25H,11-12,14-19H2,1-5H3,(H,34,38). The fourth-order valence-corrected chi connectivity index (χ4v) is 8.48. The van der Waals surface area contributed by atoms with Crippen molar-refractivity contribution in [3.63, 3.8) is 0 Å². The molecule has 214 valence electrons. The van der Waals surface area contributed by atoms with E-state index in [1.165, 1.54) is 29.6 Å². The van der Waals surface area contributed by atoms with E-state index in [1.54, 1.807) is 20.8 Å². The molecule has 7 nitrogen and oxygen atoms in total. The highest BCUT2D eigenvalue weighted by molar-refractivity contribution is 5.80. The van der Waals surface area contributed by atoms with Crippen LogP contribution in [0.4, 0.5) is 4.79 Å². The van der Waals surface area contributed by atoms with E-state index in [0.29, 0.717) is 17.8 Å². The lowest BCUT2D eigenvalue weighted by molar-refractivity contribution is -0.150. The maximum atomic E-state index is 12.5. The van der Waals surface area contributed by atoms with Crippen molar-refractivity contribution in [3.05, 3.63) is 48.3 Å². The van der Waals surface area contributed by atoms with Gasteiger partial charge in [0.05, 0.1) is 11.0 Å². The van der Waals surface area contributed by atoms with E-state index in [-0.39, 0.29) is 23.5 Å². The maximum Gasteiger partial charge on any atom is 0.408 e. The zero-order valence-corrected chi connectivity index (χ0v) is 24.5. The smallest absolute Gasteiger partial charge is 0.408 e. The van der Waals surface area contributed by atoms with Crippen LogP contribution in [0, 0.1) is 28.6 Å². The first-order valence-corrected chi connectivity index (χ1v) is 15.0. The molecule has 1 aromatic carbocycles. The molecule has 6 unspecified atom stereocenters. The molecule has 2 aromatic rings. The Morgan fingerprint density at radius 1 is 1.05 bits per heavy atom. The van der Waals surface area contributed by atoms with E-state index >= 15 is 0 Å². The maximum absolute atomic E-state index is 12.5. The van der Waals surface area contributed by atoms with Crippen molar-refractivity contribution < 1.29 is 19.1 Å². The summed E-state index contributed by atoms with van der Waals surface area (Å²) in [6, 6.07) is 8.44. The Morgan fingerprint density at radius 3 is 2.62 bits per heavy atom. The lowest BCUT2D eigenvalue weighted by Crippen LogP contribution is -2.50. The highest BCUT2D eigenvalue weighted by Crippen LogP contribution is 2.65. The molecule has 6 atom stereocenters. The Labute approximate surface area is 237 Å². The summed E-state index contributed by atoms with van der Waals surface area (Å²) in [6.07, 6.45) is 13.6. The molecule has 0 spiro atoms. The SMILES string of the molecule is CC(C)(C)OC(=O)NCC(=O)OC1CCC2(C)C(=CCC3C2CCC2(C)C(n4cnc5ccccc54)=CCC32)C1. The first-order valence-electron chi connectivity index (χ1n) is 15.0. The summed E-state index contributed by atoms with van der Waals surface area (Å²) >= 11 is 0. The van der Waals surface area contributed by atoms with Gasteiger partial charge in [-0.25, -0.2) is 9.78 Å². The zero-order chi connectivity index (χ0) is 28.3. The minimum Gasteiger partial charge on any atom is -0.461 e. The topological polar surface area (TPSA) is 82.5 Å². The molecule has 1 aromatic heterocycles. The quantitative estimate of drug-likeness (QED) is 0.334. The van der Waals surface area contributed by atoms with Gasteiger partial charge in [0, 0.05) is 17.5 Å². The van der Waals surface area contributed by atoms with Gasteiger partial charge in [0.2, 0.25) is 0 Å². The lowest BCUT2D eigenvalue weighted by Gasteiger charge is -2.57.